The number of aromatic nitrogens is 2. The minimum atomic E-state index is -0.329. The summed E-state index contributed by atoms with van der Waals surface area (Å²) in [4.78, 5) is 7.76. The molecular formula is C16H16ClFN2S. The van der Waals surface area contributed by atoms with Crippen molar-refractivity contribution in [1.29, 1.82) is 0 Å². The third-order valence-electron chi connectivity index (χ3n) is 3.98. The number of hydrogen-bond donors (Lipinski definition) is 1. The summed E-state index contributed by atoms with van der Waals surface area (Å²) < 4.78 is 13.7. The Bertz CT molecular complexity index is 708. The van der Waals surface area contributed by atoms with Crippen molar-refractivity contribution in [3.8, 4) is 0 Å². The van der Waals surface area contributed by atoms with E-state index in [1.807, 2.05) is 6.07 Å². The van der Waals surface area contributed by atoms with E-state index in [9.17, 15) is 4.39 Å². The molecule has 1 aromatic carbocycles. The second-order valence-corrected chi connectivity index (χ2v) is 6.34. The first-order chi connectivity index (χ1) is 10.1. The van der Waals surface area contributed by atoms with Crippen molar-refractivity contribution >= 4 is 23.8 Å². The normalized spacial score (nSPS) is 15.5. The lowest BCUT2D eigenvalue weighted by Crippen LogP contribution is -2.04. The van der Waals surface area contributed by atoms with Gasteiger partial charge in [-0.15, -0.1) is 0 Å². The molecule has 21 heavy (non-hydrogen) atoms. The van der Waals surface area contributed by atoms with E-state index >= 15 is 0 Å². The molecule has 0 saturated heterocycles. The van der Waals surface area contributed by atoms with Crippen LogP contribution in [0.3, 0.4) is 0 Å². The minimum absolute atomic E-state index is 0.329. The molecule has 0 aliphatic heterocycles. The van der Waals surface area contributed by atoms with Crippen LogP contribution in [-0.4, -0.2) is 9.97 Å². The number of aromatic amines is 1. The number of halogens is 2. The van der Waals surface area contributed by atoms with Crippen molar-refractivity contribution in [2.45, 2.75) is 38.0 Å². The van der Waals surface area contributed by atoms with Gasteiger partial charge >= 0.3 is 0 Å². The molecular weight excluding hydrogens is 307 g/mol. The Kier molecular flexibility index (Phi) is 4.36. The molecule has 5 heteroatoms. The summed E-state index contributed by atoms with van der Waals surface area (Å²) in [7, 11) is 0. The van der Waals surface area contributed by atoms with Gasteiger partial charge in [-0.25, -0.2) is 9.37 Å². The lowest BCUT2D eigenvalue weighted by molar-refractivity contribution is 0.627. The second kappa shape index (κ2) is 6.24. The molecule has 110 valence electrons. The van der Waals surface area contributed by atoms with Gasteiger partial charge in [0, 0.05) is 17.1 Å². The molecule has 0 amide bonds. The van der Waals surface area contributed by atoms with E-state index < -0.39 is 0 Å². The van der Waals surface area contributed by atoms with Gasteiger partial charge in [0.25, 0.3) is 0 Å². The fourth-order valence-corrected chi connectivity index (χ4v) is 3.39. The molecule has 0 radical (unpaired) electrons. The lowest BCUT2D eigenvalue weighted by Gasteiger charge is -2.12. The Hall–Kier alpha value is -1.26. The third kappa shape index (κ3) is 3.50. The monoisotopic (exact) mass is 322 g/mol. The van der Waals surface area contributed by atoms with E-state index in [2.05, 4.69) is 9.97 Å². The van der Waals surface area contributed by atoms with Crippen LogP contribution in [0.15, 0.2) is 24.3 Å². The van der Waals surface area contributed by atoms with E-state index in [0.717, 1.165) is 11.4 Å². The van der Waals surface area contributed by atoms with Crippen LogP contribution in [0.4, 0.5) is 4.39 Å². The van der Waals surface area contributed by atoms with Gasteiger partial charge < -0.3 is 4.98 Å². The fraction of sp³-hybridized carbons (Fsp3) is 0.375. The molecule has 1 aliphatic carbocycles. The molecule has 0 unspecified atom stereocenters. The van der Waals surface area contributed by atoms with Gasteiger partial charge in [0.2, 0.25) is 0 Å². The van der Waals surface area contributed by atoms with E-state index in [1.165, 1.54) is 43.5 Å². The highest BCUT2D eigenvalue weighted by Gasteiger charge is 2.18. The molecule has 3 rings (SSSR count). The van der Waals surface area contributed by atoms with E-state index in [1.54, 1.807) is 6.07 Å². The number of nitrogens with one attached hydrogen (secondary N) is 1. The number of benzene rings is 1. The van der Waals surface area contributed by atoms with Gasteiger partial charge in [-0.2, -0.15) is 0 Å². The van der Waals surface area contributed by atoms with E-state index in [-0.39, 0.29) is 5.82 Å². The summed E-state index contributed by atoms with van der Waals surface area (Å²) in [5.41, 5.74) is 2.01. The summed E-state index contributed by atoms with van der Waals surface area (Å²) >= 11 is 11.3. The van der Waals surface area contributed by atoms with Gasteiger partial charge in [-0.1, -0.05) is 42.7 Å². The Morgan fingerprint density at radius 1 is 1.29 bits per heavy atom. The maximum Gasteiger partial charge on any atom is 0.130 e. The highest BCUT2D eigenvalue weighted by molar-refractivity contribution is 7.71. The predicted octanol–water partition coefficient (Wildman–Crippen LogP) is 5.18. The van der Waals surface area contributed by atoms with Gasteiger partial charge in [0.1, 0.15) is 16.3 Å². The summed E-state index contributed by atoms with van der Waals surface area (Å²) in [5.74, 6) is 1.01. The van der Waals surface area contributed by atoms with Crippen molar-refractivity contribution in [1.82, 2.24) is 9.97 Å². The van der Waals surface area contributed by atoms with Crippen LogP contribution in [0.2, 0.25) is 5.02 Å². The maximum atomic E-state index is 13.1. The summed E-state index contributed by atoms with van der Waals surface area (Å²) in [6.45, 7) is 0. The molecule has 2 nitrogen and oxygen atoms in total. The van der Waals surface area contributed by atoms with Crippen LogP contribution in [-0.2, 0) is 6.42 Å². The molecule has 1 saturated carbocycles. The van der Waals surface area contributed by atoms with E-state index in [4.69, 9.17) is 23.8 Å². The zero-order valence-electron chi connectivity index (χ0n) is 11.5. The van der Waals surface area contributed by atoms with Crippen molar-refractivity contribution in [3.05, 3.63) is 56.8 Å². The summed E-state index contributed by atoms with van der Waals surface area (Å²) in [6, 6.07) is 6.39. The first-order valence-electron chi connectivity index (χ1n) is 7.16. The minimum Gasteiger partial charge on any atom is -0.347 e. The molecule has 1 N–H and O–H groups in total. The van der Waals surface area contributed by atoms with Crippen molar-refractivity contribution in [2.75, 3.05) is 0 Å². The molecule has 0 spiro atoms. The van der Waals surface area contributed by atoms with Crippen LogP contribution >= 0.6 is 23.8 Å². The highest BCUT2D eigenvalue weighted by Crippen LogP contribution is 2.33. The summed E-state index contributed by atoms with van der Waals surface area (Å²) in [5, 5.41) is 0.419. The Morgan fingerprint density at radius 2 is 2.05 bits per heavy atom. The van der Waals surface area contributed by atoms with Crippen LogP contribution in [0, 0.1) is 10.5 Å². The predicted molar refractivity (Wildman–Crippen MR) is 84.8 cm³/mol. The molecule has 1 aliphatic rings. The topological polar surface area (TPSA) is 28.7 Å². The first-order valence-corrected chi connectivity index (χ1v) is 7.94. The van der Waals surface area contributed by atoms with Crippen LogP contribution < -0.4 is 0 Å². The van der Waals surface area contributed by atoms with Gasteiger partial charge in [0.05, 0.1) is 0 Å². The molecule has 1 heterocycles. The lowest BCUT2D eigenvalue weighted by atomic mass is 10.0. The zero-order chi connectivity index (χ0) is 14.8. The number of hydrogen-bond acceptors (Lipinski definition) is 2. The smallest absolute Gasteiger partial charge is 0.130 e. The van der Waals surface area contributed by atoms with Crippen molar-refractivity contribution in [2.24, 2.45) is 0 Å². The average Bonchev–Trinajstić information content (AvgIpc) is 2.95. The largest absolute Gasteiger partial charge is 0.347 e. The maximum absolute atomic E-state index is 13.1. The number of nitrogens with zero attached hydrogens (tertiary/aromatic N) is 1. The Labute approximate surface area is 133 Å². The molecule has 2 aromatic rings. The SMILES string of the molecule is Fc1ccc(Cc2nc(=S)cc(C3CCCC3)[nH]2)c(Cl)c1. The number of H-pyrrole nitrogens is 1. The standard InChI is InChI=1S/C16H16ClFN2S/c17-13-8-12(18)6-5-11(13)7-15-19-14(9-16(21)20-15)10-3-1-2-4-10/h5-6,8-10H,1-4,7H2,(H,19,20,21). The molecule has 1 aromatic heterocycles. The molecule has 1 fully saturated rings. The summed E-state index contributed by atoms with van der Waals surface area (Å²) in [6.07, 6.45) is 5.47. The first kappa shape index (κ1) is 14.7. The van der Waals surface area contributed by atoms with Crippen LogP contribution in [0.1, 0.15) is 48.7 Å². The zero-order valence-corrected chi connectivity index (χ0v) is 13.1. The Morgan fingerprint density at radius 3 is 2.76 bits per heavy atom. The highest BCUT2D eigenvalue weighted by atomic mass is 35.5. The van der Waals surface area contributed by atoms with Crippen LogP contribution in [0.5, 0.6) is 0 Å². The quantitative estimate of drug-likeness (QED) is 0.789. The van der Waals surface area contributed by atoms with Crippen molar-refractivity contribution < 1.29 is 4.39 Å². The Balaban J connectivity index is 1.89. The second-order valence-electron chi connectivity index (χ2n) is 5.52. The van der Waals surface area contributed by atoms with Gasteiger partial charge in [-0.05, 0) is 42.5 Å². The van der Waals surface area contributed by atoms with Gasteiger partial charge in [0.15, 0.2) is 0 Å². The average molecular weight is 323 g/mol. The fourth-order valence-electron chi connectivity index (χ4n) is 2.91. The van der Waals surface area contributed by atoms with Gasteiger partial charge in [-0.3, -0.25) is 0 Å². The molecule has 0 atom stereocenters. The third-order valence-corrected chi connectivity index (χ3v) is 4.54. The molecule has 0 bridgehead atoms. The number of rotatable bonds is 3. The van der Waals surface area contributed by atoms with Crippen LogP contribution in [0.25, 0.3) is 0 Å². The van der Waals surface area contributed by atoms with E-state index in [0.29, 0.717) is 22.0 Å². The van der Waals surface area contributed by atoms with Crippen molar-refractivity contribution in [3.63, 3.8) is 0 Å².